The van der Waals surface area contributed by atoms with Crippen LogP contribution in [0.5, 0.6) is 0 Å². The van der Waals surface area contributed by atoms with Crippen LogP contribution >= 0.6 is 0 Å². The van der Waals surface area contributed by atoms with Crippen LogP contribution in [0.3, 0.4) is 0 Å². The zero-order valence-electron chi connectivity index (χ0n) is 33.4. The van der Waals surface area contributed by atoms with E-state index in [9.17, 15) is 5.11 Å². The minimum absolute atomic E-state index is 0.202. The summed E-state index contributed by atoms with van der Waals surface area (Å²) in [6.07, 6.45) is 45.4. The first-order chi connectivity index (χ1) is 22.2. The first kappa shape index (κ1) is 45.9. The highest BCUT2D eigenvalue weighted by molar-refractivity contribution is 4.56. The molecule has 46 heavy (non-hydrogen) atoms. The van der Waals surface area contributed by atoms with Gasteiger partial charge in [0.2, 0.25) is 0 Å². The van der Waals surface area contributed by atoms with Crippen molar-refractivity contribution in [3.63, 3.8) is 0 Å². The summed E-state index contributed by atoms with van der Waals surface area (Å²) in [6, 6.07) is 0. The maximum Gasteiger partial charge on any atom is 0.152 e. The summed E-state index contributed by atoms with van der Waals surface area (Å²) in [4.78, 5) is 0. The Balaban J connectivity index is 3.61. The third kappa shape index (κ3) is 35.2. The van der Waals surface area contributed by atoms with Gasteiger partial charge in [-0.2, -0.15) is 0 Å². The Labute approximate surface area is 293 Å². The highest BCUT2D eigenvalue weighted by Gasteiger charge is 2.26. The number of hydrogen-bond acceptors (Lipinski definition) is 1. The van der Waals surface area contributed by atoms with Crippen molar-refractivity contribution in [3.05, 3.63) is 0 Å². The Hall–Kier alpha value is -0.120. The summed E-state index contributed by atoms with van der Waals surface area (Å²) in [5.41, 5.74) is 0. The predicted molar refractivity (Wildman–Crippen MR) is 209 cm³/mol. The van der Waals surface area contributed by atoms with Gasteiger partial charge in [0.1, 0.15) is 13.1 Å². The summed E-state index contributed by atoms with van der Waals surface area (Å²) >= 11 is 0. The van der Waals surface area contributed by atoms with Gasteiger partial charge < -0.3 is 14.1 Å². The van der Waals surface area contributed by atoms with Gasteiger partial charge in [0, 0.05) is 0 Å². The van der Waals surface area contributed by atoms with E-state index in [2.05, 4.69) is 42.0 Å². The van der Waals surface area contributed by atoms with Crippen molar-refractivity contribution in [2.45, 2.75) is 225 Å². The quantitative estimate of drug-likeness (QED) is 0.0520. The van der Waals surface area contributed by atoms with E-state index < -0.39 is 0 Å². The predicted octanol–water partition coefficient (Wildman–Crippen LogP) is 13.0. The first-order valence-electron chi connectivity index (χ1n) is 21.5. The first-order valence-corrected chi connectivity index (χ1v) is 21.5. The summed E-state index contributed by atoms with van der Waals surface area (Å²) in [5.74, 6) is 0. The van der Waals surface area contributed by atoms with Crippen LogP contribution in [0.1, 0.15) is 219 Å². The molecule has 0 rings (SSSR count). The molecule has 0 radical (unpaired) electrons. The van der Waals surface area contributed by atoms with Crippen LogP contribution in [0.4, 0.5) is 0 Å². The molecule has 0 saturated heterocycles. The van der Waals surface area contributed by atoms with Crippen LogP contribution in [0.15, 0.2) is 0 Å². The molecule has 0 aromatic carbocycles. The van der Waals surface area contributed by atoms with Gasteiger partial charge in [0.05, 0.1) is 41.3 Å². The summed E-state index contributed by atoms with van der Waals surface area (Å²) in [7, 11) is 9.29. The van der Waals surface area contributed by atoms with E-state index in [1.165, 1.54) is 219 Å². The Morgan fingerprint density at radius 2 is 0.478 bits per heavy atom. The molecular formula is C43H92N2O+2. The number of likely N-dealkylation sites (N-methyl/N-ethyl adjacent to an activating group) is 2. The van der Waals surface area contributed by atoms with Crippen molar-refractivity contribution in [3.8, 4) is 0 Å². The number of hydrogen-bond donors (Lipinski definition) is 1. The van der Waals surface area contributed by atoms with Crippen LogP contribution < -0.4 is 0 Å². The van der Waals surface area contributed by atoms with E-state index in [1.54, 1.807) is 0 Å². The minimum atomic E-state index is -0.202. The fraction of sp³-hybridized carbons (Fsp3) is 1.00. The van der Waals surface area contributed by atoms with E-state index >= 15 is 0 Å². The fourth-order valence-electron chi connectivity index (χ4n) is 7.56. The van der Waals surface area contributed by atoms with Gasteiger partial charge in [-0.05, 0) is 25.7 Å². The lowest BCUT2D eigenvalue weighted by molar-refractivity contribution is -0.914. The van der Waals surface area contributed by atoms with Gasteiger partial charge in [-0.1, -0.05) is 194 Å². The average molecular weight is 653 g/mol. The number of aliphatic hydroxyl groups is 1. The van der Waals surface area contributed by atoms with Crippen LogP contribution in [0.25, 0.3) is 0 Å². The van der Waals surface area contributed by atoms with Gasteiger partial charge in [0.25, 0.3) is 0 Å². The molecule has 0 aliphatic heterocycles. The van der Waals surface area contributed by atoms with E-state index in [0.717, 1.165) is 22.1 Å². The Morgan fingerprint density at radius 3 is 0.674 bits per heavy atom. The molecule has 0 heterocycles. The summed E-state index contributed by atoms with van der Waals surface area (Å²) in [5, 5.41) is 11.0. The number of nitrogens with zero attached hydrogens (tertiary/aromatic N) is 2. The fourth-order valence-corrected chi connectivity index (χ4v) is 7.56. The molecule has 0 atom stereocenters. The zero-order valence-corrected chi connectivity index (χ0v) is 33.4. The number of unbranched alkanes of at least 4 members (excludes halogenated alkanes) is 30. The monoisotopic (exact) mass is 653 g/mol. The summed E-state index contributed by atoms with van der Waals surface area (Å²) in [6.45, 7) is 8.77. The van der Waals surface area contributed by atoms with Crippen LogP contribution in [0.2, 0.25) is 0 Å². The molecule has 0 aliphatic rings. The molecule has 0 fully saturated rings. The van der Waals surface area contributed by atoms with Gasteiger partial charge in [-0.3, -0.25) is 0 Å². The molecule has 0 aliphatic carbocycles. The van der Waals surface area contributed by atoms with Gasteiger partial charge in [-0.25, -0.2) is 0 Å². The largest absolute Gasteiger partial charge is 0.382 e. The molecule has 3 nitrogen and oxygen atoms in total. The van der Waals surface area contributed by atoms with E-state index in [1.807, 2.05) is 0 Å². The maximum atomic E-state index is 11.0. The second-order valence-electron chi connectivity index (χ2n) is 16.9. The molecule has 0 amide bonds. The number of aliphatic hydroxyl groups excluding tert-OH is 1. The Kier molecular flexibility index (Phi) is 33.3. The van der Waals surface area contributed by atoms with Crippen LogP contribution in [-0.4, -0.2) is 74.5 Å². The van der Waals surface area contributed by atoms with Crippen LogP contribution in [0, 0.1) is 0 Å². The molecule has 0 spiro atoms. The van der Waals surface area contributed by atoms with Crippen molar-refractivity contribution in [2.75, 3.05) is 54.4 Å². The molecule has 1 N–H and O–H groups in total. The number of rotatable bonds is 38. The molecule has 0 saturated carbocycles. The molecule has 0 unspecified atom stereocenters. The van der Waals surface area contributed by atoms with Crippen molar-refractivity contribution in [1.82, 2.24) is 0 Å². The third-order valence-electron chi connectivity index (χ3n) is 10.6. The second-order valence-corrected chi connectivity index (χ2v) is 16.9. The molecule has 278 valence electrons. The lowest BCUT2D eigenvalue weighted by Gasteiger charge is -2.36. The van der Waals surface area contributed by atoms with Crippen molar-refractivity contribution in [2.24, 2.45) is 0 Å². The van der Waals surface area contributed by atoms with Crippen molar-refractivity contribution >= 4 is 0 Å². The van der Waals surface area contributed by atoms with E-state index in [-0.39, 0.29) is 6.10 Å². The van der Waals surface area contributed by atoms with Gasteiger partial charge in [0.15, 0.2) is 6.10 Å². The smallest absolute Gasteiger partial charge is 0.152 e. The molecule has 0 bridgehead atoms. The van der Waals surface area contributed by atoms with Crippen molar-refractivity contribution in [1.29, 1.82) is 0 Å². The van der Waals surface area contributed by atoms with Gasteiger partial charge >= 0.3 is 0 Å². The molecular weight excluding hydrogens is 560 g/mol. The van der Waals surface area contributed by atoms with Gasteiger partial charge in [-0.15, -0.1) is 0 Å². The standard InChI is InChI=1S/C43H92N2O/c1-7-9-11-13-15-17-19-21-23-25-27-29-31-33-35-37-39-44(3,4)41-43(46)42-45(5,6)40-38-36-34-32-30-28-26-24-22-20-18-16-14-12-10-8-2/h43,46H,7-42H2,1-6H3/q+2. The highest BCUT2D eigenvalue weighted by atomic mass is 16.3. The highest BCUT2D eigenvalue weighted by Crippen LogP contribution is 2.16. The second kappa shape index (κ2) is 33.4. The SMILES string of the molecule is CCCCCCCCCCCCCCCCCC[N+](C)(C)CC(O)C[N+](C)(C)CCCCCCCCCCCCCCCCCC. The third-order valence-corrected chi connectivity index (χ3v) is 10.6. The molecule has 0 aromatic rings. The molecule has 3 heteroatoms. The zero-order chi connectivity index (χ0) is 34.0. The lowest BCUT2D eigenvalue weighted by Crippen LogP contribution is -2.53. The Bertz CT molecular complexity index is 539. The molecule has 0 aromatic heterocycles. The minimum Gasteiger partial charge on any atom is -0.382 e. The van der Waals surface area contributed by atoms with Crippen LogP contribution in [-0.2, 0) is 0 Å². The number of quaternary nitrogens is 2. The summed E-state index contributed by atoms with van der Waals surface area (Å²) < 4.78 is 1.91. The average Bonchev–Trinajstić information content (AvgIpc) is 3.00. The topological polar surface area (TPSA) is 20.2 Å². The van der Waals surface area contributed by atoms with E-state index in [4.69, 9.17) is 0 Å². The van der Waals surface area contributed by atoms with Crippen molar-refractivity contribution < 1.29 is 14.1 Å². The maximum absolute atomic E-state index is 11.0. The van der Waals surface area contributed by atoms with E-state index in [0.29, 0.717) is 0 Å². The lowest BCUT2D eigenvalue weighted by atomic mass is 10.0. The normalized spacial score (nSPS) is 12.5. The Morgan fingerprint density at radius 1 is 0.304 bits per heavy atom.